The van der Waals surface area contributed by atoms with Gasteiger partial charge in [0.1, 0.15) is 0 Å². The fourth-order valence-electron chi connectivity index (χ4n) is 7.79. The van der Waals surface area contributed by atoms with E-state index in [-0.39, 0.29) is 12.0 Å². The topological polar surface area (TPSA) is 58.6 Å². The number of carbonyl (C=O) groups excluding carboxylic acids is 1. The quantitative estimate of drug-likeness (QED) is 0.231. The van der Waals surface area contributed by atoms with Crippen molar-refractivity contribution in [2.45, 2.75) is 137 Å². The smallest absolute Gasteiger partial charge is 0.220 e. The van der Waals surface area contributed by atoms with E-state index in [1.54, 1.807) is 5.57 Å². The standard InChI is InChI=1S/C35H59NO3/c1-25(2)23-33(37)36-21-10-22-39-30-16-13-26(3)29(24-30)15-14-28-12-9-20-35(7)31(17-18-32(28)35)27(4)11-8-19-34(5,6)38/h14-15,25,27,30-32,38H,3,8-13,16-24H2,1-2,4-7H3,(H,36,37)/b28-14+,29-15-/t27-,30+,31?,32?,35?/m1/s1. The van der Waals surface area contributed by atoms with E-state index in [4.69, 9.17) is 4.74 Å². The van der Waals surface area contributed by atoms with Crippen LogP contribution in [0.5, 0.6) is 0 Å². The number of hydrogen-bond donors (Lipinski definition) is 2. The molecule has 0 saturated heterocycles. The summed E-state index contributed by atoms with van der Waals surface area (Å²) in [7, 11) is 0. The van der Waals surface area contributed by atoms with Crippen LogP contribution < -0.4 is 5.32 Å². The van der Waals surface area contributed by atoms with Gasteiger partial charge in [0, 0.05) is 19.6 Å². The molecule has 3 aliphatic carbocycles. The lowest BCUT2D eigenvalue weighted by Gasteiger charge is -2.44. The Morgan fingerprint density at radius 1 is 1.18 bits per heavy atom. The molecule has 2 N–H and O–H groups in total. The summed E-state index contributed by atoms with van der Waals surface area (Å²) in [6, 6.07) is 0. The van der Waals surface area contributed by atoms with Crippen LogP contribution in [-0.4, -0.2) is 35.9 Å². The van der Waals surface area contributed by atoms with Gasteiger partial charge in [-0.05, 0) is 113 Å². The average molecular weight is 542 g/mol. The highest BCUT2D eigenvalue weighted by molar-refractivity contribution is 5.75. The van der Waals surface area contributed by atoms with Crippen LogP contribution in [0.4, 0.5) is 0 Å². The van der Waals surface area contributed by atoms with Crippen molar-refractivity contribution >= 4 is 5.91 Å². The summed E-state index contributed by atoms with van der Waals surface area (Å²) in [5.74, 6) is 2.76. The van der Waals surface area contributed by atoms with E-state index in [1.807, 2.05) is 13.8 Å². The lowest BCUT2D eigenvalue weighted by molar-refractivity contribution is -0.121. The van der Waals surface area contributed by atoms with Crippen LogP contribution in [0.2, 0.25) is 0 Å². The van der Waals surface area contributed by atoms with Crippen molar-refractivity contribution in [1.29, 1.82) is 0 Å². The lowest BCUT2D eigenvalue weighted by Crippen LogP contribution is -2.36. The molecule has 3 aliphatic rings. The van der Waals surface area contributed by atoms with Crippen LogP contribution in [0.3, 0.4) is 0 Å². The van der Waals surface area contributed by atoms with E-state index in [0.29, 0.717) is 36.8 Å². The molecule has 0 spiro atoms. The van der Waals surface area contributed by atoms with E-state index >= 15 is 0 Å². The first-order valence-corrected chi connectivity index (χ1v) is 16.1. The molecular weight excluding hydrogens is 482 g/mol. The summed E-state index contributed by atoms with van der Waals surface area (Å²) in [6.45, 7) is 18.8. The highest BCUT2D eigenvalue weighted by Crippen LogP contribution is 2.60. The van der Waals surface area contributed by atoms with Gasteiger partial charge >= 0.3 is 0 Å². The Hall–Kier alpha value is -1.39. The molecule has 0 aromatic carbocycles. The zero-order chi connectivity index (χ0) is 28.6. The summed E-state index contributed by atoms with van der Waals surface area (Å²) in [5.41, 5.74) is 4.17. The first kappa shape index (κ1) is 32.1. The zero-order valence-electron chi connectivity index (χ0n) is 26.1. The normalized spacial score (nSPS) is 30.7. The number of carbonyl (C=O) groups is 1. The third kappa shape index (κ3) is 9.59. The molecule has 0 radical (unpaired) electrons. The summed E-state index contributed by atoms with van der Waals surface area (Å²) in [6.07, 6.45) is 19.4. The molecule has 4 nitrogen and oxygen atoms in total. The summed E-state index contributed by atoms with van der Waals surface area (Å²) >= 11 is 0. The van der Waals surface area contributed by atoms with Gasteiger partial charge in [-0.2, -0.15) is 0 Å². The van der Waals surface area contributed by atoms with Gasteiger partial charge in [-0.15, -0.1) is 0 Å². The van der Waals surface area contributed by atoms with Crippen molar-refractivity contribution in [3.63, 3.8) is 0 Å². The number of amides is 1. The monoisotopic (exact) mass is 541 g/mol. The Labute approximate surface area is 240 Å². The number of fused-ring (bicyclic) bond motifs is 1. The van der Waals surface area contributed by atoms with Crippen molar-refractivity contribution in [3.05, 3.63) is 35.5 Å². The third-order valence-corrected chi connectivity index (χ3v) is 9.93. The Kier molecular flexibility index (Phi) is 11.9. The number of rotatable bonds is 13. The molecule has 3 fully saturated rings. The van der Waals surface area contributed by atoms with Gasteiger partial charge in [0.2, 0.25) is 5.91 Å². The average Bonchev–Trinajstić information content (AvgIpc) is 3.20. The fourth-order valence-corrected chi connectivity index (χ4v) is 7.79. The zero-order valence-corrected chi connectivity index (χ0v) is 26.1. The van der Waals surface area contributed by atoms with E-state index in [0.717, 1.165) is 50.4 Å². The summed E-state index contributed by atoms with van der Waals surface area (Å²) < 4.78 is 6.23. The minimum atomic E-state index is -0.548. The molecule has 3 rings (SSSR count). The van der Waals surface area contributed by atoms with Crippen molar-refractivity contribution in [3.8, 4) is 0 Å². The Morgan fingerprint density at radius 3 is 2.67 bits per heavy atom. The number of aliphatic hydroxyl groups is 1. The Morgan fingerprint density at radius 2 is 1.95 bits per heavy atom. The van der Waals surface area contributed by atoms with Gasteiger partial charge in [-0.3, -0.25) is 4.79 Å². The van der Waals surface area contributed by atoms with Crippen LogP contribution in [0.15, 0.2) is 35.5 Å². The van der Waals surface area contributed by atoms with Gasteiger partial charge in [-0.25, -0.2) is 0 Å². The van der Waals surface area contributed by atoms with Crippen LogP contribution in [0.25, 0.3) is 0 Å². The maximum atomic E-state index is 11.8. The highest BCUT2D eigenvalue weighted by Gasteiger charge is 2.50. The number of hydrogen-bond acceptors (Lipinski definition) is 3. The molecule has 3 saturated carbocycles. The molecule has 3 unspecified atom stereocenters. The van der Waals surface area contributed by atoms with Crippen molar-refractivity contribution in [2.75, 3.05) is 13.2 Å². The second kappa shape index (κ2) is 14.5. The second-order valence-electron chi connectivity index (χ2n) is 14.4. The molecule has 0 aromatic rings. The van der Waals surface area contributed by atoms with E-state index in [1.165, 1.54) is 49.7 Å². The minimum absolute atomic E-state index is 0.143. The van der Waals surface area contributed by atoms with Crippen molar-refractivity contribution in [1.82, 2.24) is 5.32 Å². The Bertz CT molecular complexity index is 879. The molecule has 5 atom stereocenters. The van der Waals surface area contributed by atoms with Crippen LogP contribution in [0, 0.1) is 29.1 Å². The predicted octanol–water partition coefficient (Wildman–Crippen LogP) is 8.31. The summed E-state index contributed by atoms with van der Waals surface area (Å²) in [4.78, 5) is 11.8. The summed E-state index contributed by atoms with van der Waals surface area (Å²) in [5, 5.41) is 13.1. The minimum Gasteiger partial charge on any atom is -0.390 e. The molecule has 4 heteroatoms. The third-order valence-electron chi connectivity index (χ3n) is 9.93. The van der Waals surface area contributed by atoms with Gasteiger partial charge in [0.15, 0.2) is 0 Å². The molecule has 0 aliphatic heterocycles. The molecule has 39 heavy (non-hydrogen) atoms. The van der Waals surface area contributed by atoms with Gasteiger partial charge in [0.25, 0.3) is 0 Å². The Balaban J connectivity index is 1.53. The maximum absolute atomic E-state index is 11.8. The van der Waals surface area contributed by atoms with E-state index < -0.39 is 5.60 Å². The molecule has 0 aromatic heterocycles. The van der Waals surface area contributed by atoms with Crippen LogP contribution >= 0.6 is 0 Å². The van der Waals surface area contributed by atoms with Crippen molar-refractivity contribution < 1.29 is 14.6 Å². The first-order chi connectivity index (χ1) is 18.4. The van der Waals surface area contributed by atoms with Crippen LogP contribution in [-0.2, 0) is 9.53 Å². The van der Waals surface area contributed by atoms with Gasteiger partial charge < -0.3 is 15.2 Å². The second-order valence-corrected chi connectivity index (χ2v) is 14.4. The number of nitrogens with one attached hydrogen (secondary N) is 1. The fraction of sp³-hybridized carbons (Fsp3) is 0.800. The maximum Gasteiger partial charge on any atom is 0.220 e. The van der Waals surface area contributed by atoms with E-state index in [9.17, 15) is 9.90 Å². The lowest BCUT2D eigenvalue weighted by atomic mass is 9.60. The largest absolute Gasteiger partial charge is 0.390 e. The molecular formula is C35H59NO3. The number of allylic oxidation sites excluding steroid dienone is 4. The van der Waals surface area contributed by atoms with Gasteiger partial charge in [0.05, 0.1) is 11.7 Å². The molecule has 222 valence electrons. The van der Waals surface area contributed by atoms with Crippen molar-refractivity contribution in [2.24, 2.45) is 29.1 Å². The number of ether oxygens (including phenoxy) is 1. The van der Waals surface area contributed by atoms with Gasteiger partial charge in [-0.1, -0.05) is 70.4 Å². The SMILES string of the molecule is C=C1CC[C@H](OCCCNC(=O)CC(C)C)C/C1=C/C=C1\CCCC2(C)C1CCC2[C@H](C)CCCC(C)(C)O. The van der Waals surface area contributed by atoms with E-state index in [2.05, 4.69) is 51.7 Å². The highest BCUT2D eigenvalue weighted by atomic mass is 16.5. The predicted molar refractivity (Wildman–Crippen MR) is 163 cm³/mol. The molecule has 0 heterocycles. The van der Waals surface area contributed by atoms with Crippen LogP contribution in [0.1, 0.15) is 125 Å². The molecule has 0 bridgehead atoms. The first-order valence-electron chi connectivity index (χ1n) is 16.1. The molecule has 1 amide bonds.